The highest BCUT2D eigenvalue weighted by atomic mass is 35.5. The molecule has 1 fully saturated rings. The van der Waals surface area contributed by atoms with Gasteiger partial charge in [0.05, 0.1) is 24.1 Å². The highest BCUT2D eigenvalue weighted by molar-refractivity contribution is 6.30. The number of nitrogens with zero attached hydrogens (tertiary/aromatic N) is 3. The molecule has 13 heteroatoms. The predicted molar refractivity (Wildman–Crippen MR) is 134 cm³/mol. The van der Waals surface area contributed by atoms with E-state index in [0.29, 0.717) is 22.0 Å². The van der Waals surface area contributed by atoms with E-state index in [-0.39, 0.29) is 12.2 Å². The minimum Gasteiger partial charge on any atom is -0.406 e. The summed E-state index contributed by atoms with van der Waals surface area (Å²) in [6.07, 6.45) is -1.99. The number of hydrogen-bond acceptors (Lipinski definition) is 5. The Morgan fingerprint density at radius 1 is 1.03 bits per heavy atom. The van der Waals surface area contributed by atoms with Crippen molar-refractivity contribution < 1.29 is 32.3 Å². The van der Waals surface area contributed by atoms with Gasteiger partial charge in [0.15, 0.2) is 0 Å². The van der Waals surface area contributed by atoms with Crippen LogP contribution >= 0.6 is 11.6 Å². The number of alkyl halides is 3. The van der Waals surface area contributed by atoms with Crippen LogP contribution in [0.4, 0.5) is 39.8 Å². The van der Waals surface area contributed by atoms with Gasteiger partial charge < -0.3 is 20.3 Å². The number of urea groups is 2. The second kappa shape index (κ2) is 10.2. The number of halogens is 4. The second-order valence-electron chi connectivity index (χ2n) is 8.73. The van der Waals surface area contributed by atoms with Gasteiger partial charge in [0.1, 0.15) is 11.3 Å². The quantitative estimate of drug-likeness (QED) is 0.367. The number of carbonyl (C=O) groups excluding carboxylic acids is 3. The van der Waals surface area contributed by atoms with Gasteiger partial charge in [-0.05, 0) is 74.0 Å². The van der Waals surface area contributed by atoms with Crippen molar-refractivity contribution in [2.24, 2.45) is 0 Å². The molecule has 5 amide bonds. The monoisotopic (exact) mass is 547 g/mol. The van der Waals surface area contributed by atoms with E-state index in [0.717, 1.165) is 17.0 Å². The third kappa shape index (κ3) is 5.80. The van der Waals surface area contributed by atoms with Gasteiger partial charge in [0.25, 0.3) is 5.91 Å². The predicted octanol–water partition coefficient (Wildman–Crippen LogP) is 6.03. The van der Waals surface area contributed by atoms with Crippen LogP contribution in [0.1, 0.15) is 19.4 Å². The lowest BCUT2D eigenvalue weighted by Gasteiger charge is -2.28. The SMILES string of the molecule is CC1(C)C(=O)N(c2ccc(OC(F)(F)F)cc2)C(=O)N1Cc1ccncc1NC(=O)Nc1ccc(Cl)cc1. The molecule has 2 heterocycles. The molecule has 38 heavy (non-hydrogen) atoms. The van der Waals surface area contributed by atoms with Crippen LogP contribution in [0.3, 0.4) is 0 Å². The molecule has 1 saturated heterocycles. The summed E-state index contributed by atoms with van der Waals surface area (Å²) in [5, 5.41) is 5.85. The van der Waals surface area contributed by atoms with Gasteiger partial charge in [-0.15, -0.1) is 13.2 Å². The van der Waals surface area contributed by atoms with Crippen molar-refractivity contribution in [1.29, 1.82) is 0 Å². The molecule has 0 aliphatic carbocycles. The van der Waals surface area contributed by atoms with Crippen molar-refractivity contribution in [1.82, 2.24) is 9.88 Å². The van der Waals surface area contributed by atoms with E-state index in [2.05, 4.69) is 20.4 Å². The average molecular weight is 548 g/mol. The lowest BCUT2D eigenvalue weighted by atomic mass is 10.0. The third-order valence-corrected chi connectivity index (χ3v) is 5.99. The number of hydrogen-bond donors (Lipinski definition) is 2. The molecular weight excluding hydrogens is 527 g/mol. The topological polar surface area (TPSA) is 104 Å². The molecule has 4 rings (SSSR count). The number of anilines is 3. The maximum absolute atomic E-state index is 13.3. The van der Waals surface area contributed by atoms with Crippen LogP contribution in [0.25, 0.3) is 0 Å². The number of ether oxygens (including phenoxy) is 1. The van der Waals surface area contributed by atoms with E-state index in [1.807, 2.05) is 0 Å². The van der Waals surface area contributed by atoms with Crippen LogP contribution in [0.2, 0.25) is 5.02 Å². The standard InChI is InChI=1S/C25H21ClF3N5O4/c1-24(2)21(35)34(18-7-9-19(10-8-18)38-25(27,28)29)23(37)33(24)14-15-11-12-30-13-20(15)32-22(36)31-17-5-3-16(26)4-6-17/h3-13H,14H2,1-2H3,(H2,31,32,36). The fourth-order valence-electron chi connectivity index (χ4n) is 3.79. The van der Waals surface area contributed by atoms with Gasteiger partial charge in [0.2, 0.25) is 0 Å². The van der Waals surface area contributed by atoms with Crippen molar-refractivity contribution in [3.63, 3.8) is 0 Å². The van der Waals surface area contributed by atoms with Gasteiger partial charge in [-0.3, -0.25) is 9.78 Å². The number of benzene rings is 2. The molecule has 2 N–H and O–H groups in total. The number of nitrogens with one attached hydrogen (secondary N) is 2. The minimum atomic E-state index is -4.87. The fourth-order valence-corrected chi connectivity index (χ4v) is 3.91. The Bertz CT molecular complexity index is 1360. The van der Waals surface area contributed by atoms with Crippen LogP contribution in [-0.2, 0) is 11.3 Å². The molecule has 2 aromatic carbocycles. The lowest BCUT2D eigenvalue weighted by molar-refractivity contribution is -0.274. The van der Waals surface area contributed by atoms with Crippen molar-refractivity contribution in [2.45, 2.75) is 32.3 Å². The summed E-state index contributed by atoms with van der Waals surface area (Å²) in [7, 11) is 0. The summed E-state index contributed by atoms with van der Waals surface area (Å²) in [6, 6.07) is 11.3. The van der Waals surface area contributed by atoms with Gasteiger partial charge in [-0.1, -0.05) is 11.6 Å². The van der Waals surface area contributed by atoms with Crippen molar-refractivity contribution in [3.8, 4) is 5.75 Å². The number of carbonyl (C=O) groups is 3. The number of amides is 5. The van der Waals surface area contributed by atoms with E-state index in [1.54, 1.807) is 44.2 Å². The van der Waals surface area contributed by atoms with Gasteiger partial charge in [-0.25, -0.2) is 14.5 Å². The molecule has 0 spiro atoms. The second-order valence-corrected chi connectivity index (χ2v) is 9.17. The first-order valence-corrected chi connectivity index (χ1v) is 11.5. The maximum Gasteiger partial charge on any atom is 0.573 e. The van der Waals surface area contributed by atoms with Crippen LogP contribution in [0, 0.1) is 0 Å². The lowest BCUT2D eigenvalue weighted by Crippen LogP contribution is -2.43. The molecule has 3 aromatic rings. The number of pyridine rings is 1. The Labute approximate surface area is 220 Å². The zero-order valence-electron chi connectivity index (χ0n) is 20.0. The summed E-state index contributed by atoms with van der Waals surface area (Å²) >= 11 is 5.86. The molecule has 198 valence electrons. The first-order chi connectivity index (χ1) is 17.8. The Balaban J connectivity index is 1.52. The molecule has 0 saturated carbocycles. The van der Waals surface area contributed by atoms with E-state index in [4.69, 9.17) is 11.6 Å². The van der Waals surface area contributed by atoms with Gasteiger partial charge >= 0.3 is 18.4 Å². The summed E-state index contributed by atoms with van der Waals surface area (Å²) in [6.45, 7) is 3.04. The average Bonchev–Trinajstić information content (AvgIpc) is 3.00. The molecule has 0 unspecified atom stereocenters. The van der Waals surface area contributed by atoms with E-state index in [9.17, 15) is 27.6 Å². The molecule has 0 bridgehead atoms. The van der Waals surface area contributed by atoms with Crippen molar-refractivity contribution >= 4 is 46.6 Å². The van der Waals surface area contributed by atoms with Crippen LogP contribution in [0.5, 0.6) is 5.75 Å². The Kier molecular flexibility index (Phi) is 7.18. The van der Waals surface area contributed by atoms with Crippen LogP contribution < -0.4 is 20.3 Å². The largest absolute Gasteiger partial charge is 0.573 e. The molecule has 1 aliphatic rings. The van der Waals surface area contributed by atoms with Crippen molar-refractivity contribution in [3.05, 3.63) is 77.6 Å². The first kappa shape index (κ1) is 26.7. The zero-order chi connectivity index (χ0) is 27.7. The van der Waals surface area contributed by atoms with Gasteiger partial charge in [-0.2, -0.15) is 0 Å². The maximum atomic E-state index is 13.3. The molecule has 1 aliphatic heterocycles. The Hall–Kier alpha value is -4.32. The van der Waals surface area contributed by atoms with E-state index < -0.39 is 35.6 Å². The molecule has 1 aromatic heterocycles. The van der Waals surface area contributed by atoms with Crippen LogP contribution in [-0.4, -0.2) is 39.8 Å². The summed E-state index contributed by atoms with van der Waals surface area (Å²) in [5.41, 5.74) is 0.0876. The van der Waals surface area contributed by atoms with Gasteiger partial charge in [0, 0.05) is 16.9 Å². The smallest absolute Gasteiger partial charge is 0.406 e. The number of aromatic nitrogens is 1. The molecule has 9 nitrogen and oxygen atoms in total. The third-order valence-electron chi connectivity index (χ3n) is 5.74. The highest BCUT2D eigenvalue weighted by Crippen LogP contribution is 2.35. The summed E-state index contributed by atoms with van der Waals surface area (Å²) < 4.78 is 41.3. The Morgan fingerprint density at radius 2 is 1.68 bits per heavy atom. The molecule has 0 atom stereocenters. The highest BCUT2D eigenvalue weighted by Gasteiger charge is 2.52. The normalized spacial score (nSPS) is 15.0. The molecular formula is C25H21ClF3N5O4. The molecule has 0 radical (unpaired) electrons. The van der Waals surface area contributed by atoms with Crippen molar-refractivity contribution in [2.75, 3.05) is 15.5 Å². The number of rotatable bonds is 6. The first-order valence-electron chi connectivity index (χ1n) is 11.1. The Morgan fingerprint density at radius 3 is 2.32 bits per heavy atom. The zero-order valence-corrected chi connectivity index (χ0v) is 20.8. The summed E-state index contributed by atoms with van der Waals surface area (Å²) in [5.74, 6) is -1.06. The van der Waals surface area contributed by atoms with Crippen LogP contribution in [0.15, 0.2) is 67.0 Å². The minimum absolute atomic E-state index is 0.0670. The summed E-state index contributed by atoms with van der Waals surface area (Å²) in [4.78, 5) is 45.3. The fraction of sp³-hybridized carbons (Fsp3) is 0.200. The number of imide groups is 1. The van der Waals surface area contributed by atoms with E-state index >= 15 is 0 Å². The van der Waals surface area contributed by atoms with E-state index in [1.165, 1.54) is 29.4 Å².